The van der Waals surface area contributed by atoms with Crippen molar-refractivity contribution in [2.45, 2.75) is 96.9 Å². The van der Waals surface area contributed by atoms with Gasteiger partial charge in [-0.15, -0.1) is 0 Å². The smallest absolute Gasteiger partial charge is 1.00 e. The standard InChI is InChI=1S/C26H45NO7S.Li.H/c1-15(4-7-23(31)27-10-11-35(32,33)34)18-5-6-19-24-20(14-22(30)26(18,19)3)25(2)9-8-17(28)12-16(25)13-21(24)29;;/h15-22,24,28-30H,4-14H2,1-3H3,(H,27,31)(H,32,33,34);;/q;+1;-1/t15-,16+,17-,18-,19+,20+,21-,22+,24+,25+,26-;;/m1../s1. The van der Waals surface area contributed by atoms with E-state index in [1.165, 1.54) is 0 Å². The fourth-order valence-corrected chi connectivity index (χ4v) is 9.46. The normalized spacial score (nSPS) is 45.0. The Kier molecular flexibility index (Phi) is 9.42. The molecule has 0 unspecified atom stereocenters. The zero-order valence-corrected chi connectivity index (χ0v) is 23.2. The molecule has 36 heavy (non-hydrogen) atoms. The molecule has 204 valence electrons. The minimum absolute atomic E-state index is 0. The number of rotatable bonds is 7. The number of hydrogen-bond acceptors (Lipinski definition) is 6. The van der Waals surface area contributed by atoms with E-state index in [-0.39, 0.29) is 85.7 Å². The molecule has 0 aliphatic heterocycles. The molecule has 0 spiro atoms. The van der Waals surface area contributed by atoms with Crippen LogP contribution in [0.2, 0.25) is 0 Å². The monoisotopic (exact) mass is 523 g/mol. The van der Waals surface area contributed by atoms with Gasteiger partial charge in [0.15, 0.2) is 0 Å². The Labute approximate surface area is 229 Å². The number of aliphatic hydroxyl groups is 3. The van der Waals surface area contributed by atoms with Crippen molar-refractivity contribution in [2.75, 3.05) is 12.3 Å². The molecule has 8 nitrogen and oxygen atoms in total. The number of amides is 1. The summed E-state index contributed by atoms with van der Waals surface area (Å²) in [6.45, 7) is 6.56. The number of fused-ring (bicyclic) bond motifs is 5. The van der Waals surface area contributed by atoms with E-state index < -0.39 is 28.1 Å². The summed E-state index contributed by atoms with van der Waals surface area (Å²) in [5.41, 5.74) is -0.254. The summed E-state index contributed by atoms with van der Waals surface area (Å²) in [4.78, 5) is 12.2. The van der Waals surface area contributed by atoms with E-state index in [0.29, 0.717) is 18.8 Å². The van der Waals surface area contributed by atoms with Gasteiger partial charge in [-0.3, -0.25) is 9.35 Å². The SMILES string of the molecule is C[C@H](CCC(=O)NCCS(=O)(=O)O)[C@H]1CC[C@H]2[C@@H]3[C@H](O)C[C@@H]4C[C@H](O)CC[C@]4(C)[C@H]3C[C@H](O)[C@]12C.[H-].[Li+]. The van der Waals surface area contributed by atoms with Gasteiger partial charge in [0, 0.05) is 13.0 Å². The Morgan fingerprint density at radius 1 is 1.08 bits per heavy atom. The molecule has 0 aromatic heterocycles. The quantitative estimate of drug-likeness (QED) is 0.223. The van der Waals surface area contributed by atoms with Crippen LogP contribution >= 0.6 is 0 Å². The number of hydrogen-bond donors (Lipinski definition) is 5. The van der Waals surface area contributed by atoms with Gasteiger partial charge in [-0.2, -0.15) is 8.42 Å². The van der Waals surface area contributed by atoms with Crippen LogP contribution in [0, 0.1) is 46.3 Å². The van der Waals surface area contributed by atoms with Crippen molar-refractivity contribution in [3.8, 4) is 0 Å². The zero-order valence-electron chi connectivity index (χ0n) is 23.4. The number of aliphatic hydroxyl groups excluding tert-OH is 3. The van der Waals surface area contributed by atoms with Crippen molar-refractivity contribution in [3.05, 3.63) is 0 Å². The Morgan fingerprint density at radius 3 is 2.44 bits per heavy atom. The van der Waals surface area contributed by atoms with Crippen molar-refractivity contribution < 1.29 is 53.4 Å². The van der Waals surface area contributed by atoms with Crippen molar-refractivity contribution >= 4 is 16.0 Å². The Balaban J connectivity index is 0.00000241. The predicted molar refractivity (Wildman–Crippen MR) is 133 cm³/mol. The number of nitrogens with one attached hydrogen (secondary N) is 1. The van der Waals surface area contributed by atoms with Crippen LogP contribution in [0.15, 0.2) is 0 Å². The molecule has 4 saturated carbocycles. The Morgan fingerprint density at radius 2 is 1.78 bits per heavy atom. The average Bonchev–Trinajstić information content (AvgIpc) is 3.12. The molecule has 4 aliphatic rings. The molecule has 0 aromatic rings. The first-order chi connectivity index (χ1) is 16.3. The average molecular weight is 524 g/mol. The van der Waals surface area contributed by atoms with Gasteiger partial charge in [-0.25, -0.2) is 0 Å². The molecule has 0 aromatic carbocycles. The molecule has 0 saturated heterocycles. The molecule has 4 rings (SSSR count). The first-order valence-corrected chi connectivity index (χ1v) is 15.1. The number of carbonyl (C=O) groups is 1. The zero-order chi connectivity index (χ0) is 25.8. The molecule has 11 atom stereocenters. The van der Waals surface area contributed by atoms with Gasteiger partial charge in [0.25, 0.3) is 10.1 Å². The molecule has 0 heterocycles. The van der Waals surface area contributed by atoms with Gasteiger partial charge in [-0.05, 0) is 97.7 Å². The fourth-order valence-electron chi connectivity index (χ4n) is 9.10. The minimum Gasteiger partial charge on any atom is -1.00 e. The summed E-state index contributed by atoms with van der Waals surface area (Å²) in [6, 6.07) is 0. The summed E-state index contributed by atoms with van der Waals surface area (Å²) in [5, 5.41) is 35.8. The first-order valence-electron chi connectivity index (χ1n) is 13.5. The van der Waals surface area contributed by atoms with E-state index in [9.17, 15) is 28.5 Å². The molecule has 10 heteroatoms. The number of carbonyl (C=O) groups excluding carboxylic acids is 1. The van der Waals surface area contributed by atoms with Crippen LogP contribution in [-0.2, 0) is 14.9 Å². The molecule has 1 amide bonds. The van der Waals surface area contributed by atoms with E-state index in [1.54, 1.807) is 0 Å². The summed E-state index contributed by atoms with van der Waals surface area (Å²) in [7, 11) is -4.10. The molecule has 4 aliphatic carbocycles. The maximum Gasteiger partial charge on any atom is 1.00 e. The van der Waals surface area contributed by atoms with Crippen LogP contribution in [0.25, 0.3) is 0 Å². The van der Waals surface area contributed by atoms with Gasteiger partial charge in [-0.1, -0.05) is 20.8 Å². The maximum absolute atomic E-state index is 12.2. The largest absolute Gasteiger partial charge is 1.00 e. The van der Waals surface area contributed by atoms with Gasteiger partial charge in [0.05, 0.1) is 24.1 Å². The van der Waals surface area contributed by atoms with Crippen molar-refractivity contribution in [3.63, 3.8) is 0 Å². The molecule has 4 fully saturated rings. The summed E-state index contributed by atoms with van der Waals surface area (Å²) < 4.78 is 30.5. The predicted octanol–water partition coefficient (Wildman–Crippen LogP) is -0.515. The van der Waals surface area contributed by atoms with E-state index in [4.69, 9.17) is 4.55 Å². The molecular formula is C26H46LiNO7S. The van der Waals surface area contributed by atoms with Crippen molar-refractivity contribution in [1.82, 2.24) is 5.32 Å². The van der Waals surface area contributed by atoms with Gasteiger partial charge >= 0.3 is 18.9 Å². The van der Waals surface area contributed by atoms with E-state index in [2.05, 4.69) is 26.1 Å². The van der Waals surface area contributed by atoms with Gasteiger partial charge < -0.3 is 22.1 Å². The van der Waals surface area contributed by atoms with Crippen LogP contribution in [0.1, 0.15) is 80.0 Å². The van der Waals surface area contributed by atoms with E-state index in [0.717, 1.165) is 38.5 Å². The Hall–Kier alpha value is -0.143. The van der Waals surface area contributed by atoms with E-state index in [1.807, 2.05) is 0 Å². The summed E-state index contributed by atoms with van der Waals surface area (Å²) >= 11 is 0. The summed E-state index contributed by atoms with van der Waals surface area (Å²) in [5.74, 6) is 0.705. The van der Waals surface area contributed by atoms with Crippen LogP contribution in [-0.4, -0.2) is 64.8 Å². The van der Waals surface area contributed by atoms with Crippen LogP contribution in [0.5, 0.6) is 0 Å². The summed E-state index contributed by atoms with van der Waals surface area (Å²) in [6.07, 6.45) is 5.67. The van der Waals surface area contributed by atoms with Crippen LogP contribution in [0.4, 0.5) is 0 Å². The van der Waals surface area contributed by atoms with Gasteiger partial charge in [0.1, 0.15) is 0 Å². The third-order valence-corrected chi connectivity index (χ3v) is 11.7. The third-order valence-electron chi connectivity index (χ3n) is 11.0. The molecule has 0 radical (unpaired) electrons. The minimum atomic E-state index is -4.10. The topological polar surface area (TPSA) is 144 Å². The Bertz CT molecular complexity index is 909. The second-order valence-corrected chi connectivity index (χ2v) is 14.2. The third kappa shape index (κ3) is 5.59. The van der Waals surface area contributed by atoms with E-state index >= 15 is 0 Å². The molecule has 0 bridgehead atoms. The first kappa shape index (κ1) is 30.4. The molecule has 5 N–H and O–H groups in total. The fraction of sp³-hybridized carbons (Fsp3) is 0.962. The van der Waals surface area contributed by atoms with Crippen LogP contribution in [0.3, 0.4) is 0 Å². The second-order valence-electron chi connectivity index (χ2n) is 12.7. The molecular weight excluding hydrogens is 477 g/mol. The second kappa shape index (κ2) is 11.2. The van der Waals surface area contributed by atoms with Crippen molar-refractivity contribution in [2.24, 2.45) is 46.3 Å². The maximum atomic E-state index is 12.2. The van der Waals surface area contributed by atoms with Crippen molar-refractivity contribution in [1.29, 1.82) is 0 Å². The van der Waals surface area contributed by atoms with Gasteiger partial charge in [0.2, 0.25) is 5.91 Å². The van der Waals surface area contributed by atoms with Crippen LogP contribution < -0.4 is 24.2 Å².